The number of amides is 1. The summed E-state index contributed by atoms with van der Waals surface area (Å²) >= 11 is 0. The molecule has 1 aromatic heterocycles. The van der Waals surface area contributed by atoms with Gasteiger partial charge in [0.25, 0.3) is 5.91 Å². The molecule has 5 heteroatoms. The molecule has 2 aromatic carbocycles. The van der Waals surface area contributed by atoms with E-state index in [0.717, 1.165) is 34.8 Å². The average Bonchev–Trinajstić information content (AvgIpc) is 2.70. The van der Waals surface area contributed by atoms with Crippen LogP contribution in [0.2, 0.25) is 0 Å². The molecule has 0 aliphatic carbocycles. The number of para-hydroxylation sites is 1. The van der Waals surface area contributed by atoms with Gasteiger partial charge >= 0.3 is 0 Å². The van der Waals surface area contributed by atoms with E-state index in [2.05, 4.69) is 22.5 Å². The van der Waals surface area contributed by atoms with Crippen LogP contribution in [-0.4, -0.2) is 17.0 Å². The molecular weight excluding hydrogens is 350 g/mol. The number of rotatable bonds is 7. The number of aromatic nitrogens is 1. The molecule has 0 aliphatic rings. The SMILES string of the molecule is CCc1ccccc1NC(=O)c1cncc(Nc2ccc(OC(C)C)cc2)c1. The zero-order valence-electron chi connectivity index (χ0n) is 16.4. The number of nitrogens with zero attached hydrogens (tertiary/aromatic N) is 1. The molecule has 144 valence electrons. The summed E-state index contributed by atoms with van der Waals surface area (Å²) in [5.41, 5.74) is 4.06. The van der Waals surface area contributed by atoms with Crippen LogP contribution in [0.3, 0.4) is 0 Å². The highest BCUT2D eigenvalue weighted by Crippen LogP contribution is 2.22. The zero-order chi connectivity index (χ0) is 19.9. The van der Waals surface area contributed by atoms with Crippen molar-refractivity contribution in [1.29, 1.82) is 0 Å². The lowest BCUT2D eigenvalue weighted by Gasteiger charge is -2.12. The second kappa shape index (κ2) is 9.04. The first-order valence-corrected chi connectivity index (χ1v) is 9.43. The monoisotopic (exact) mass is 375 g/mol. The van der Waals surface area contributed by atoms with Crippen LogP contribution in [0, 0.1) is 0 Å². The fourth-order valence-corrected chi connectivity index (χ4v) is 2.83. The van der Waals surface area contributed by atoms with Crippen molar-refractivity contribution in [1.82, 2.24) is 4.98 Å². The van der Waals surface area contributed by atoms with E-state index >= 15 is 0 Å². The molecule has 1 heterocycles. The van der Waals surface area contributed by atoms with Crippen LogP contribution < -0.4 is 15.4 Å². The van der Waals surface area contributed by atoms with Crippen LogP contribution in [0.1, 0.15) is 36.7 Å². The Labute approximate surface area is 165 Å². The molecule has 3 rings (SSSR count). The van der Waals surface area contributed by atoms with Gasteiger partial charge in [-0.15, -0.1) is 0 Å². The van der Waals surface area contributed by atoms with E-state index in [-0.39, 0.29) is 12.0 Å². The van der Waals surface area contributed by atoms with Gasteiger partial charge in [-0.1, -0.05) is 25.1 Å². The molecule has 0 saturated carbocycles. The first-order chi connectivity index (χ1) is 13.5. The number of benzene rings is 2. The zero-order valence-corrected chi connectivity index (χ0v) is 16.4. The highest BCUT2D eigenvalue weighted by Gasteiger charge is 2.10. The summed E-state index contributed by atoms with van der Waals surface area (Å²) < 4.78 is 5.65. The fourth-order valence-electron chi connectivity index (χ4n) is 2.83. The predicted molar refractivity (Wildman–Crippen MR) is 113 cm³/mol. The molecule has 0 spiro atoms. The van der Waals surface area contributed by atoms with Gasteiger partial charge in [-0.25, -0.2) is 0 Å². The maximum atomic E-state index is 12.6. The van der Waals surface area contributed by atoms with Crippen molar-refractivity contribution in [2.24, 2.45) is 0 Å². The van der Waals surface area contributed by atoms with Gasteiger partial charge < -0.3 is 15.4 Å². The lowest BCUT2D eigenvalue weighted by atomic mass is 10.1. The van der Waals surface area contributed by atoms with Gasteiger partial charge in [0.15, 0.2) is 0 Å². The van der Waals surface area contributed by atoms with Gasteiger partial charge in [-0.2, -0.15) is 0 Å². The molecule has 0 atom stereocenters. The molecular formula is C23H25N3O2. The largest absolute Gasteiger partial charge is 0.491 e. The number of carbonyl (C=O) groups excluding carboxylic acids is 1. The van der Waals surface area contributed by atoms with E-state index in [4.69, 9.17) is 4.74 Å². The third-order valence-electron chi connectivity index (χ3n) is 4.16. The highest BCUT2D eigenvalue weighted by molar-refractivity contribution is 6.05. The minimum absolute atomic E-state index is 0.135. The van der Waals surface area contributed by atoms with Crippen LogP contribution in [-0.2, 0) is 6.42 Å². The number of nitrogens with one attached hydrogen (secondary N) is 2. The van der Waals surface area contributed by atoms with E-state index in [9.17, 15) is 4.79 Å². The molecule has 0 unspecified atom stereocenters. The van der Waals surface area contributed by atoms with Gasteiger partial charge in [-0.05, 0) is 62.2 Å². The summed E-state index contributed by atoms with van der Waals surface area (Å²) in [5.74, 6) is 0.638. The van der Waals surface area contributed by atoms with E-state index in [1.165, 1.54) is 0 Å². The molecule has 0 saturated heterocycles. The highest BCUT2D eigenvalue weighted by atomic mass is 16.5. The minimum Gasteiger partial charge on any atom is -0.491 e. The smallest absolute Gasteiger partial charge is 0.257 e. The van der Waals surface area contributed by atoms with Crippen molar-refractivity contribution in [3.63, 3.8) is 0 Å². The Kier molecular flexibility index (Phi) is 6.27. The first kappa shape index (κ1) is 19.4. The number of pyridine rings is 1. The van der Waals surface area contributed by atoms with E-state index < -0.39 is 0 Å². The van der Waals surface area contributed by atoms with Gasteiger partial charge in [0.05, 0.1) is 23.6 Å². The van der Waals surface area contributed by atoms with Crippen LogP contribution in [0.4, 0.5) is 17.1 Å². The second-order valence-electron chi connectivity index (χ2n) is 6.74. The standard InChI is InChI=1S/C23H25N3O2/c1-4-17-7-5-6-8-22(17)26-23(27)18-13-20(15-24-14-18)25-19-9-11-21(12-10-19)28-16(2)3/h5-16,25H,4H2,1-3H3,(H,26,27). The van der Waals surface area contributed by atoms with Crippen LogP contribution >= 0.6 is 0 Å². The summed E-state index contributed by atoms with van der Waals surface area (Å²) in [7, 11) is 0. The third-order valence-corrected chi connectivity index (χ3v) is 4.16. The van der Waals surface area contributed by atoms with Crippen molar-refractivity contribution in [2.75, 3.05) is 10.6 Å². The maximum Gasteiger partial charge on any atom is 0.257 e. The molecule has 0 bridgehead atoms. The Bertz CT molecular complexity index is 937. The molecule has 28 heavy (non-hydrogen) atoms. The van der Waals surface area contributed by atoms with Gasteiger partial charge in [0, 0.05) is 17.6 Å². The van der Waals surface area contributed by atoms with Crippen LogP contribution in [0.15, 0.2) is 67.0 Å². The van der Waals surface area contributed by atoms with Crippen molar-refractivity contribution in [2.45, 2.75) is 33.3 Å². The van der Waals surface area contributed by atoms with E-state index in [1.807, 2.05) is 62.4 Å². The Hall–Kier alpha value is -3.34. The van der Waals surface area contributed by atoms with Crippen LogP contribution in [0.5, 0.6) is 5.75 Å². The maximum absolute atomic E-state index is 12.6. The first-order valence-electron chi connectivity index (χ1n) is 9.43. The molecule has 5 nitrogen and oxygen atoms in total. The Morgan fingerprint density at radius 1 is 1.04 bits per heavy atom. The normalized spacial score (nSPS) is 10.6. The van der Waals surface area contributed by atoms with Gasteiger partial charge in [-0.3, -0.25) is 9.78 Å². The number of ether oxygens (including phenoxy) is 1. The lowest BCUT2D eigenvalue weighted by Crippen LogP contribution is -2.13. The number of anilines is 3. The molecule has 0 aliphatic heterocycles. The van der Waals surface area contributed by atoms with Crippen molar-refractivity contribution in [3.05, 3.63) is 78.1 Å². The summed E-state index contributed by atoms with van der Waals surface area (Å²) in [4.78, 5) is 16.8. The molecule has 3 aromatic rings. The average molecular weight is 375 g/mol. The second-order valence-corrected chi connectivity index (χ2v) is 6.74. The summed E-state index contributed by atoms with van der Waals surface area (Å²) in [6.45, 7) is 6.05. The third kappa shape index (κ3) is 5.10. The minimum atomic E-state index is -0.183. The topological polar surface area (TPSA) is 63.2 Å². The molecule has 1 amide bonds. The predicted octanol–water partition coefficient (Wildman–Crippen LogP) is 5.43. The number of carbonyl (C=O) groups is 1. The van der Waals surface area contributed by atoms with Gasteiger partial charge in [0.1, 0.15) is 5.75 Å². The quantitative estimate of drug-likeness (QED) is 0.578. The Balaban J connectivity index is 1.70. The Morgan fingerprint density at radius 3 is 2.50 bits per heavy atom. The molecule has 0 fully saturated rings. The van der Waals surface area contributed by atoms with E-state index in [1.54, 1.807) is 18.5 Å². The van der Waals surface area contributed by atoms with Crippen LogP contribution in [0.25, 0.3) is 0 Å². The van der Waals surface area contributed by atoms with Crippen molar-refractivity contribution in [3.8, 4) is 5.75 Å². The number of aryl methyl sites for hydroxylation is 1. The van der Waals surface area contributed by atoms with E-state index in [0.29, 0.717) is 5.56 Å². The van der Waals surface area contributed by atoms with Crippen molar-refractivity contribution >= 4 is 23.0 Å². The molecule has 2 N–H and O–H groups in total. The summed E-state index contributed by atoms with van der Waals surface area (Å²) in [6, 6.07) is 17.3. The lowest BCUT2D eigenvalue weighted by molar-refractivity contribution is 0.102. The van der Waals surface area contributed by atoms with Gasteiger partial charge in [0.2, 0.25) is 0 Å². The summed E-state index contributed by atoms with van der Waals surface area (Å²) in [6.07, 6.45) is 4.24. The number of hydrogen-bond donors (Lipinski definition) is 2. The fraction of sp³-hybridized carbons (Fsp3) is 0.217. The summed E-state index contributed by atoms with van der Waals surface area (Å²) in [5, 5.41) is 6.24. The Morgan fingerprint density at radius 2 is 1.79 bits per heavy atom. The number of hydrogen-bond acceptors (Lipinski definition) is 4. The van der Waals surface area contributed by atoms with Crippen molar-refractivity contribution < 1.29 is 9.53 Å². The molecule has 0 radical (unpaired) electrons.